The summed E-state index contributed by atoms with van der Waals surface area (Å²) in [6.45, 7) is 1.31. The minimum Gasteiger partial charge on any atom is -0.475 e. The van der Waals surface area contributed by atoms with Crippen LogP contribution in [0.25, 0.3) is 0 Å². The lowest BCUT2D eigenvalue weighted by Gasteiger charge is -2.11. The largest absolute Gasteiger partial charge is 0.475 e. The third-order valence-corrected chi connectivity index (χ3v) is 2.81. The van der Waals surface area contributed by atoms with Crippen molar-refractivity contribution in [3.8, 4) is 0 Å². The second-order valence-electron chi connectivity index (χ2n) is 4.04. The second-order valence-corrected chi connectivity index (χ2v) is 4.04. The minimum absolute atomic E-state index is 0.198. The van der Waals surface area contributed by atoms with Gasteiger partial charge in [-0.25, -0.2) is 9.59 Å². The maximum atomic E-state index is 11.6. The topological polar surface area (TPSA) is 108 Å². The summed E-state index contributed by atoms with van der Waals surface area (Å²) in [6, 6.07) is 0.480. The van der Waals surface area contributed by atoms with Gasteiger partial charge in [-0.3, -0.25) is 19.4 Å². The molecule has 1 N–H and O–H groups in total. The van der Waals surface area contributed by atoms with Crippen molar-refractivity contribution in [2.24, 2.45) is 0 Å². The molecule has 0 aliphatic carbocycles. The Kier molecular flexibility index (Phi) is 2.85. The molecule has 1 saturated heterocycles. The Morgan fingerprint density at radius 2 is 1.95 bits per heavy atom. The summed E-state index contributed by atoms with van der Waals surface area (Å²) in [5.74, 6) is -3.11. The van der Waals surface area contributed by atoms with Gasteiger partial charge in [0.25, 0.3) is 0 Å². The summed E-state index contributed by atoms with van der Waals surface area (Å²) in [5, 5.41) is 8.77. The van der Waals surface area contributed by atoms with E-state index in [1.54, 1.807) is 0 Å². The van der Waals surface area contributed by atoms with E-state index in [4.69, 9.17) is 9.52 Å². The van der Waals surface area contributed by atoms with E-state index < -0.39 is 23.8 Å². The van der Waals surface area contributed by atoms with Crippen molar-refractivity contribution in [2.75, 3.05) is 7.05 Å². The lowest BCUT2D eigenvalue weighted by molar-refractivity contribution is -0.143. The molecule has 4 amide bonds. The van der Waals surface area contributed by atoms with E-state index >= 15 is 0 Å². The Bertz CT molecular complexity index is 602. The van der Waals surface area contributed by atoms with Crippen molar-refractivity contribution in [2.45, 2.75) is 13.5 Å². The first-order chi connectivity index (χ1) is 8.82. The summed E-state index contributed by atoms with van der Waals surface area (Å²) < 4.78 is 4.96. The maximum Gasteiger partial charge on any atom is 0.371 e. The van der Waals surface area contributed by atoms with Crippen LogP contribution in [0.5, 0.6) is 0 Å². The zero-order valence-corrected chi connectivity index (χ0v) is 10.2. The van der Waals surface area contributed by atoms with Crippen LogP contribution in [0, 0.1) is 6.92 Å². The van der Waals surface area contributed by atoms with Gasteiger partial charge in [-0.1, -0.05) is 0 Å². The van der Waals surface area contributed by atoms with Gasteiger partial charge in [-0.05, 0) is 13.0 Å². The van der Waals surface area contributed by atoms with Crippen LogP contribution in [0.1, 0.15) is 21.9 Å². The molecule has 0 spiro atoms. The van der Waals surface area contributed by atoms with Crippen LogP contribution in [-0.2, 0) is 16.1 Å². The highest BCUT2D eigenvalue weighted by Gasteiger charge is 2.42. The molecule has 1 aromatic heterocycles. The molecule has 2 heterocycles. The summed E-state index contributed by atoms with van der Waals surface area (Å²) >= 11 is 0. The molecule has 0 aromatic carbocycles. The van der Waals surface area contributed by atoms with Crippen LogP contribution in [-0.4, -0.2) is 45.8 Å². The number of nitrogens with zero attached hydrogens (tertiary/aromatic N) is 2. The number of hydrogen-bond acceptors (Lipinski definition) is 5. The van der Waals surface area contributed by atoms with Crippen molar-refractivity contribution in [3.63, 3.8) is 0 Å². The van der Waals surface area contributed by atoms with Crippen LogP contribution in [0.4, 0.5) is 4.79 Å². The molecule has 8 heteroatoms. The summed E-state index contributed by atoms with van der Waals surface area (Å²) in [7, 11) is 1.20. The van der Waals surface area contributed by atoms with Crippen LogP contribution in [0.2, 0.25) is 0 Å². The van der Waals surface area contributed by atoms with Gasteiger partial charge in [0.05, 0.1) is 6.54 Å². The monoisotopic (exact) mass is 266 g/mol. The Morgan fingerprint density at radius 1 is 1.32 bits per heavy atom. The number of aromatic carboxylic acids is 1. The van der Waals surface area contributed by atoms with Gasteiger partial charge in [0, 0.05) is 12.6 Å². The SMILES string of the molecule is Cc1oc(C(=O)O)cc1CN1C(=O)C(=O)N(C)C1=O. The van der Waals surface area contributed by atoms with Gasteiger partial charge in [-0.2, -0.15) is 0 Å². The number of carboxylic acid groups (broad SMARTS) is 1. The predicted octanol–water partition coefficient (Wildman–Crippen LogP) is 0.207. The van der Waals surface area contributed by atoms with E-state index in [1.807, 2.05) is 0 Å². The molecule has 0 saturated carbocycles. The summed E-state index contributed by atoms with van der Waals surface area (Å²) in [4.78, 5) is 46.7. The minimum atomic E-state index is -1.25. The average molecular weight is 266 g/mol. The number of likely N-dealkylation sites (N-methyl/N-ethyl adjacent to an activating group) is 1. The predicted molar refractivity (Wildman–Crippen MR) is 59.1 cm³/mol. The first kappa shape index (κ1) is 12.8. The zero-order chi connectivity index (χ0) is 14.3. The van der Waals surface area contributed by atoms with Crippen molar-refractivity contribution < 1.29 is 28.7 Å². The highest BCUT2D eigenvalue weighted by Crippen LogP contribution is 2.20. The van der Waals surface area contributed by atoms with Gasteiger partial charge in [0.15, 0.2) is 0 Å². The molecule has 1 fully saturated rings. The molecule has 0 radical (unpaired) electrons. The standard InChI is InChI=1S/C11H10N2O6/c1-5-6(3-7(19-5)10(16)17)4-13-9(15)8(14)12(2)11(13)18/h3H,4H2,1-2H3,(H,16,17). The van der Waals surface area contributed by atoms with Gasteiger partial charge in [-0.15, -0.1) is 0 Å². The number of rotatable bonds is 3. The Hall–Kier alpha value is -2.64. The molecule has 100 valence electrons. The molecule has 2 rings (SSSR count). The molecule has 0 bridgehead atoms. The number of furan rings is 1. The maximum absolute atomic E-state index is 11.6. The molecule has 1 aliphatic rings. The first-order valence-corrected chi connectivity index (χ1v) is 5.29. The molecule has 19 heavy (non-hydrogen) atoms. The fourth-order valence-electron chi connectivity index (χ4n) is 1.71. The lowest BCUT2D eigenvalue weighted by atomic mass is 10.2. The lowest BCUT2D eigenvalue weighted by Crippen LogP contribution is -2.31. The Balaban J connectivity index is 2.27. The summed E-state index contributed by atoms with van der Waals surface area (Å²) in [5.41, 5.74) is 0.363. The Labute approximate surface area is 107 Å². The van der Waals surface area contributed by atoms with Crippen molar-refractivity contribution in [3.05, 3.63) is 23.2 Å². The van der Waals surface area contributed by atoms with Gasteiger partial charge in [0.2, 0.25) is 5.76 Å². The molecule has 0 atom stereocenters. The number of carbonyl (C=O) groups excluding carboxylic acids is 3. The van der Waals surface area contributed by atoms with E-state index in [1.165, 1.54) is 20.0 Å². The number of urea groups is 1. The fraction of sp³-hybridized carbons (Fsp3) is 0.273. The van der Waals surface area contributed by atoms with E-state index in [2.05, 4.69) is 0 Å². The third kappa shape index (κ3) is 1.96. The van der Waals surface area contributed by atoms with E-state index in [0.29, 0.717) is 10.5 Å². The third-order valence-electron chi connectivity index (χ3n) is 2.81. The number of amides is 4. The highest BCUT2D eigenvalue weighted by atomic mass is 16.4. The zero-order valence-electron chi connectivity index (χ0n) is 10.2. The number of carboxylic acids is 1. The second kappa shape index (κ2) is 4.23. The molecular formula is C11H10N2O6. The van der Waals surface area contributed by atoms with E-state index in [9.17, 15) is 19.2 Å². The van der Waals surface area contributed by atoms with E-state index in [-0.39, 0.29) is 18.1 Å². The molecular weight excluding hydrogens is 256 g/mol. The van der Waals surface area contributed by atoms with E-state index in [0.717, 1.165) is 4.90 Å². The Morgan fingerprint density at radius 3 is 2.37 bits per heavy atom. The molecule has 0 unspecified atom stereocenters. The van der Waals surface area contributed by atoms with Crippen molar-refractivity contribution in [1.29, 1.82) is 0 Å². The van der Waals surface area contributed by atoms with Crippen molar-refractivity contribution in [1.82, 2.24) is 9.80 Å². The van der Waals surface area contributed by atoms with Crippen LogP contribution in [0.3, 0.4) is 0 Å². The van der Waals surface area contributed by atoms with Crippen LogP contribution >= 0.6 is 0 Å². The number of hydrogen-bond donors (Lipinski definition) is 1. The fourth-order valence-corrected chi connectivity index (χ4v) is 1.71. The first-order valence-electron chi connectivity index (χ1n) is 5.29. The average Bonchev–Trinajstić information content (AvgIpc) is 2.80. The van der Waals surface area contributed by atoms with Crippen LogP contribution < -0.4 is 0 Å². The van der Waals surface area contributed by atoms with Crippen LogP contribution in [0.15, 0.2) is 10.5 Å². The normalized spacial score (nSPS) is 15.6. The van der Waals surface area contributed by atoms with Gasteiger partial charge >= 0.3 is 23.8 Å². The molecule has 1 aromatic rings. The van der Waals surface area contributed by atoms with Gasteiger partial charge < -0.3 is 9.52 Å². The summed E-state index contributed by atoms with van der Waals surface area (Å²) in [6.07, 6.45) is 0. The molecule has 8 nitrogen and oxygen atoms in total. The molecule has 1 aliphatic heterocycles. The van der Waals surface area contributed by atoms with Gasteiger partial charge in [0.1, 0.15) is 5.76 Å². The smallest absolute Gasteiger partial charge is 0.371 e. The van der Waals surface area contributed by atoms with Crippen molar-refractivity contribution >= 4 is 23.8 Å². The quantitative estimate of drug-likeness (QED) is 0.618. The number of carbonyl (C=O) groups is 4. The highest BCUT2D eigenvalue weighted by molar-refractivity contribution is 6.44. The number of imide groups is 2. The number of aryl methyl sites for hydroxylation is 1.